The third kappa shape index (κ3) is 3.48. The monoisotopic (exact) mass is 267 g/mol. The topological polar surface area (TPSA) is 44.5 Å². The number of benzene rings is 1. The Morgan fingerprint density at radius 2 is 1.94 bits per heavy atom. The van der Waals surface area contributed by atoms with Crippen molar-refractivity contribution in [2.45, 2.75) is 25.4 Å². The van der Waals surface area contributed by atoms with Crippen LogP contribution in [-0.2, 0) is 9.47 Å². The van der Waals surface area contributed by atoms with Gasteiger partial charge in [-0.1, -0.05) is 23.9 Å². The average Bonchev–Trinajstić information content (AvgIpc) is 2.79. The van der Waals surface area contributed by atoms with Crippen LogP contribution in [0.3, 0.4) is 0 Å². The number of aromatic nitrogens is 1. The smallest absolute Gasteiger partial charge is 0.256 e. The van der Waals surface area contributed by atoms with Crippen molar-refractivity contribution in [3.8, 4) is 0 Å². The van der Waals surface area contributed by atoms with E-state index < -0.39 is 0 Å². The van der Waals surface area contributed by atoms with E-state index in [9.17, 15) is 0 Å². The molecule has 0 N–H and O–H groups in total. The lowest BCUT2D eigenvalue weighted by Crippen LogP contribution is -2.19. The molecule has 0 aliphatic heterocycles. The summed E-state index contributed by atoms with van der Waals surface area (Å²) >= 11 is 1.51. The zero-order valence-corrected chi connectivity index (χ0v) is 11.4. The Bertz CT molecular complexity index is 447. The van der Waals surface area contributed by atoms with Crippen LogP contribution in [0.15, 0.2) is 33.9 Å². The molecule has 0 fully saturated rings. The average molecular weight is 267 g/mol. The third-order valence-corrected chi connectivity index (χ3v) is 3.18. The second-order valence-corrected chi connectivity index (χ2v) is 4.57. The summed E-state index contributed by atoms with van der Waals surface area (Å²) in [6.07, 6.45) is -0.208. The molecular formula is C13H17NO3S. The van der Waals surface area contributed by atoms with Gasteiger partial charge < -0.3 is 13.9 Å². The Morgan fingerprint density at radius 1 is 1.22 bits per heavy atom. The van der Waals surface area contributed by atoms with Crippen molar-refractivity contribution in [2.75, 3.05) is 19.0 Å². The molecule has 0 spiro atoms. The third-order valence-electron chi connectivity index (χ3n) is 2.32. The molecule has 0 radical (unpaired) electrons. The van der Waals surface area contributed by atoms with Crippen LogP contribution in [0.25, 0.3) is 11.1 Å². The SMILES string of the molecule is CCOC(CSc1nc2ccccc2o1)OCC. The van der Waals surface area contributed by atoms with Crippen LogP contribution >= 0.6 is 11.8 Å². The largest absolute Gasteiger partial charge is 0.431 e. The molecular weight excluding hydrogens is 250 g/mol. The summed E-state index contributed by atoms with van der Waals surface area (Å²) < 4.78 is 16.5. The highest BCUT2D eigenvalue weighted by atomic mass is 32.2. The summed E-state index contributed by atoms with van der Waals surface area (Å²) in [4.78, 5) is 4.39. The van der Waals surface area contributed by atoms with E-state index in [2.05, 4.69) is 4.98 Å². The summed E-state index contributed by atoms with van der Waals surface area (Å²) in [5, 5.41) is 0.653. The zero-order valence-electron chi connectivity index (χ0n) is 10.6. The molecule has 1 aromatic heterocycles. The fourth-order valence-corrected chi connectivity index (χ4v) is 2.35. The van der Waals surface area contributed by atoms with Gasteiger partial charge >= 0.3 is 0 Å². The number of hydrogen-bond donors (Lipinski definition) is 0. The van der Waals surface area contributed by atoms with Gasteiger partial charge in [-0.15, -0.1) is 0 Å². The Balaban J connectivity index is 1.95. The van der Waals surface area contributed by atoms with Gasteiger partial charge in [0, 0.05) is 13.2 Å². The lowest BCUT2D eigenvalue weighted by Gasteiger charge is -2.15. The normalized spacial score (nSPS) is 11.5. The first-order valence-electron chi connectivity index (χ1n) is 6.05. The minimum atomic E-state index is -0.208. The van der Waals surface area contributed by atoms with Crippen molar-refractivity contribution in [3.63, 3.8) is 0 Å². The number of nitrogens with zero attached hydrogens (tertiary/aromatic N) is 1. The standard InChI is InChI=1S/C13H17NO3S/c1-3-15-12(16-4-2)9-18-13-14-10-7-5-6-8-11(10)17-13/h5-8,12H,3-4,9H2,1-2H3. The maximum absolute atomic E-state index is 5.62. The van der Waals surface area contributed by atoms with E-state index in [0.29, 0.717) is 24.2 Å². The first kappa shape index (κ1) is 13.4. The summed E-state index contributed by atoms with van der Waals surface area (Å²) in [5.41, 5.74) is 1.69. The highest BCUT2D eigenvalue weighted by Crippen LogP contribution is 2.24. The number of para-hydroxylation sites is 2. The highest BCUT2D eigenvalue weighted by Gasteiger charge is 2.12. The molecule has 0 amide bonds. The molecule has 1 heterocycles. The number of ether oxygens (including phenoxy) is 2. The number of rotatable bonds is 7. The quantitative estimate of drug-likeness (QED) is 0.569. The molecule has 2 aromatic rings. The summed E-state index contributed by atoms with van der Waals surface area (Å²) in [6, 6.07) is 7.73. The van der Waals surface area contributed by atoms with Crippen molar-refractivity contribution in [2.24, 2.45) is 0 Å². The molecule has 1 aromatic carbocycles. The predicted molar refractivity (Wildman–Crippen MR) is 71.8 cm³/mol. The fraction of sp³-hybridized carbons (Fsp3) is 0.462. The van der Waals surface area contributed by atoms with Crippen LogP contribution in [0, 0.1) is 0 Å². The van der Waals surface area contributed by atoms with Crippen LogP contribution in [0.2, 0.25) is 0 Å². The lowest BCUT2D eigenvalue weighted by atomic mass is 10.3. The first-order valence-corrected chi connectivity index (χ1v) is 7.03. The molecule has 0 saturated heterocycles. The minimum absolute atomic E-state index is 0.208. The second-order valence-electron chi connectivity index (χ2n) is 3.60. The minimum Gasteiger partial charge on any atom is -0.431 e. The van der Waals surface area contributed by atoms with Crippen LogP contribution in [-0.4, -0.2) is 30.2 Å². The van der Waals surface area contributed by atoms with Gasteiger partial charge in [0.1, 0.15) is 5.52 Å². The van der Waals surface area contributed by atoms with Gasteiger partial charge in [-0.25, -0.2) is 4.98 Å². The molecule has 0 unspecified atom stereocenters. The van der Waals surface area contributed by atoms with E-state index in [1.54, 1.807) is 0 Å². The van der Waals surface area contributed by atoms with Gasteiger partial charge in [0.05, 0.1) is 5.75 Å². The van der Waals surface area contributed by atoms with Crippen LogP contribution < -0.4 is 0 Å². The van der Waals surface area contributed by atoms with E-state index in [0.717, 1.165) is 11.1 Å². The van der Waals surface area contributed by atoms with Crippen LogP contribution in [0.1, 0.15) is 13.8 Å². The van der Waals surface area contributed by atoms with Gasteiger partial charge in [-0.2, -0.15) is 0 Å². The summed E-state index contributed by atoms with van der Waals surface area (Å²) in [6.45, 7) is 5.18. The van der Waals surface area contributed by atoms with Crippen molar-refractivity contribution >= 4 is 22.9 Å². The first-order chi connectivity index (χ1) is 8.83. The number of oxazole rings is 1. The second kappa shape index (κ2) is 6.78. The maximum Gasteiger partial charge on any atom is 0.256 e. The molecule has 0 saturated carbocycles. The predicted octanol–water partition coefficient (Wildman–Crippen LogP) is 3.32. The Hall–Kier alpha value is -1.04. The van der Waals surface area contributed by atoms with E-state index in [4.69, 9.17) is 13.9 Å². The van der Waals surface area contributed by atoms with E-state index >= 15 is 0 Å². The van der Waals surface area contributed by atoms with E-state index in [1.165, 1.54) is 11.8 Å². The Kier molecular flexibility index (Phi) is 5.04. The molecule has 0 bridgehead atoms. The van der Waals surface area contributed by atoms with Gasteiger partial charge in [-0.05, 0) is 26.0 Å². The lowest BCUT2D eigenvalue weighted by molar-refractivity contribution is -0.120. The molecule has 98 valence electrons. The Morgan fingerprint density at radius 3 is 2.61 bits per heavy atom. The van der Waals surface area contributed by atoms with Crippen molar-refractivity contribution in [1.82, 2.24) is 4.98 Å². The van der Waals surface area contributed by atoms with Gasteiger partial charge in [0.2, 0.25) is 0 Å². The van der Waals surface area contributed by atoms with E-state index in [-0.39, 0.29) is 6.29 Å². The molecule has 0 atom stereocenters. The fourth-order valence-electron chi connectivity index (χ4n) is 1.57. The molecule has 18 heavy (non-hydrogen) atoms. The molecule has 0 aliphatic rings. The van der Waals surface area contributed by atoms with Gasteiger partial charge in [-0.3, -0.25) is 0 Å². The van der Waals surface area contributed by atoms with Gasteiger partial charge in [0.25, 0.3) is 5.22 Å². The van der Waals surface area contributed by atoms with Crippen molar-refractivity contribution in [1.29, 1.82) is 0 Å². The number of fused-ring (bicyclic) bond motifs is 1. The molecule has 5 heteroatoms. The van der Waals surface area contributed by atoms with Crippen LogP contribution in [0.5, 0.6) is 0 Å². The van der Waals surface area contributed by atoms with Crippen molar-refractivity contribution < 1.29 is 13.9 Å². The molecule has 2 rings (SSSR count). The van der Waals surface area contributed by atoms with Gasteiger partial charge in [0.15, 0.2) is 11.9 Å². The Labute approximate surface area is 111 Å². The summed E-state index contributed by atoms with van der Waals surface area (Å²) in [7, 11) is 0. The summed E-state index contributed by atoms with van der Waals surface area (Å²) in [5.74, 6) is 0.675. The van der Waals surface area contributed by atoms with Crippen LogP contribution in [0.4, 0.5) is 0 Å². The van der Waals surface area contributed by atoms with Crippen molar-refractivity contribution in [3.05, 3.63) is 24.3 Å². The number of thioether (sulfide) groups is 1. The maximum atomic E-state index is 5.62. The zero-order chi connectivity index (χ0) is 12.8. The van der Waals surface area contributed by atoms with E-state index in [1.807, 2.05) is 38.1 Å². The highest BCUT2D eigenvalue weighted by molar-refractivity contribution is 7.99. The molecule has 4 nitrogen and oxygen atoms in total. The number of hydrogen-bond acceptors (Lipinski definition) is 5. The molecule has 0 aliphatic carbocycles.